The van der Waals surface area contributed by atoms with E-state index in [1.807, 2.05) is 0 Å². The van der Waals surface area contributed by atoms with Crippen molar-refractivity contribution in [2.24, 2.45) is 0 Å². The lowest BCUT2D eigenvalue weighted by Crippen LogP contribution is -2.60. The lowest BCUT2D eigenvalue weighted by atomic mass is 9.99. The fourth-order valence-electron chi connectivity index (χ4n) is 8.94. The number of unbranched alkanes of at least 4 members (excludes halogenated alkanes) is 36. The van der Waals surface area contributed by atoms with Crippen LogP contribution < -0.4 is 0 Å². The van der Waals surface area contributed by atoms with E-state index < -0.39 is 54.7 Å². The molecule has 0 saturated carbocycles. The van der Waals surface area contributed by atoms with Crippen molar-refractivity contribution in [1.82, 2.24) is 0 Å². The molecule has 6 unspecified atom stereocenters. The molecule has 1 rings (SSSR count). The fraction of sp³-hybridized carbons (Fsp3) is 0.911. The monoisotopic (exact) mass is 953 g/mol. The summed E-state index contributed by atoms with van der Waals surface area (Å²) in [5, 5.41) is 40.0. The van der Waals surface area contributed by atoms with Gasteiger partial charge in [-0.25, -0.2) is 4.79 Å². The number of hydrogen-bond donors (Lipinski definition) is 4. The largest absolute Gasteiger partial charge is 0.479 e. The molecule has 394 valence electrons. The van der Waals surface area contributed by atoms with Crippen molar-refractivity contribution < 1.29 is 53.8 Å². The van der Waals surface area contributed by atoms with Gasteiger partial charge in [0.2, 0.25) is 0 Å². The summed E-state index contributed by atoms with van der Waals surface area (Å²) >= 11 is 0. The zero-order valence-corrected chi connectivity index (χ0v) is 43.2. The van der Waals surface area contributed by atoms with Gasteiger partial charge in [0.1, 0.15) is 24.9 Å². The van der Waals surface area contributed by atoms with Crippen LogP contribution in [0.5, 0.6) is 0 Å². The first-order chi connectivity index (χ1) is 32.7. The maximum absolute atomic E-state index is 12.9. The van der Waals surface area contributed by atoms with Gasteiger partial charge in [-0.3, -0.25) is 9.59 Å². The van der Waals surface area contributed by atoms with E-state index in [-0.39, 0.29) is 26.1 Å². The lowest BCUT2D eigenvalue weighted by molar-refractivity contribution is -0.298. The minimum atomic E-state index is -1.86. The zero-order valence-electron chi connectivity index (χ0n) is 43.2. The van der Waals surface area contributed by atoms with Crippen LogP contribution in [-0.4, -0.2) is 88.4 Å². The van der Waals surface area contributed by atoms with E-state index in [0.717, 1.165) is 38.5 Å². The molecule has 0 radical (unpaired) electrons. The molecule has 1 aliphatic rings. The van der Waals surface area contributed by atoms with Crippen molar-refractivity contribution in [2.75, 3.05) is 13.2 Å². The average Bonchev–Trinajstić information content (AvgIpc) is 3.31. The standard InChI is InChI=1S/C56H104O11/c1-3-5-7-9-11-13-15-17-19-21-23-25-27-28-30-32-34-36-38-40-42-44-49(57)64-46-48(47-65-56-53(61)51(59)52(60)54(67-56)55(62)63)66-50(58)45-43-41-39-37-35-33-31-29-26-24-22-20-18-16-14-12-10-8-6-4-2/h21,23,48,51-54,56,59-61H,3-20,22,24-47H2,1-2H3,(H,62,63)/b23-21-. The van der Waals surface area contributed by atoms with Crippen molar-refractivity contribution in [3.63, 3.8) is 0 Å². The summed E-state index contributed by atoms with van der Waals surface area (Å²) in [6.07, 6.45) is 44.1. The van der Waals surface area contributed by atoms with Crippen molar-refractivity contribution >= 4 is 17.9 Å². The van der Waals surface area contributed by atoms with Crippen LogP contribution >= 0.6 is 0 Å². The second-order valence-electron chi connectivity index (χ2n) is 19.8. The van der Waals surface area contributed by atoms with E-state index in [1.165, 1.54) is 199 Å². The number of carboxylic acids is 1. The number of aliphatic hydroxyl groups is 3. The number of rotatable bonds is 49. The lowest BCUT2D eigenvalue weighted by Gasteiger charge is -2.38. The van der Waals surface area contributed by atoms with Gasteiger partial charge in [-0.15, -0.1) is 0 Å². The maximum atomic E-state index is 12.9. The first-order valence-corrected chi connectivity index (χ1v) is 28.2. The predicted molar refractivity (Wildman–Crippen MR) is 271 cm³/mol. The summed E-state index contributed by atoms with van der Waals surface area (Å²) in [4.78, 5) is 37.1. The Morgan fingerprint density at radius 1 is 0.448 bits per heavy atom. The molecule has 1 heterocycles. The highest BCUT2D eigenvalue weighted by atomic mass is 16.7. The van der Waals surface area contributed by atoms with Crippen LogP contribution in [0, 0.1) is 0 Å². The number of allylic oxidation sites excluding steroid dienone is 2. The second kappa shape index (κ2) is 46.3. The average molecular weight is 953 g/mol. The fourth-order valence-corrected chi connectivity index (χ4v) is 8.94. The number of ether oxygens (including phenoxy) is 4. The number of carbonyl (C=O) groups excluding carboxylic acids is 2. The summed E-state index contributed by atoms with van der Waals surface area (Å²) in [5.74, 6) is -2.42. The Balaban J connectivity index is 2.24. The third kappa shape index (κ3) is 37.5. The molecular formula is C56H104O11. The molecule has 6 atom stereocenters. The zero-order chi connectivity index (χ0) is 48.8. The van der Waals surface area contributed by atoms with Crippen LogP contribution in [0.25, 0.3) is 0 Å². The molecule has 1 aliphatic heterocycles. The number of hydrogen-bond acceptors (Lipinski definition) is 10. The van der Waals surface area contributed by atoms with E-state index in [9.17, 15) is 34.8 Å². The second-order valence-corrected chi connectivity index (χ2v) is 19.8. The molecule has 0 aromatic carbocycles. The molecule has 0 aromatic rings. The Hall–Kier alpha value is -2.05. The molecule has 0 spiro atoms. The molecule has 0 amide bonds. The minimum absolute atomic E-state index is 0.189. The third-order valence-electron chi connectivity index (χ3n) is 13.4. The van der Waals surface area contributed by atoms with Gasteiger partial charge in [0.25, 0.3) is 0 Å². The molecule has 0 bridgehead atoms. The molecule has 0 aliphatic carbocycles. The smallest absolute Gasteiger partial charge is 0.335 e. The van der Waals surface area contributed by atoms with E-state index in [2.05, 4.69) is 26.0 Å². The SMILES string of the molecule is CCCCCCCCCC/C=C\CCCCCCCCCCCC(=O)OCC(COC1OC(C(=O)O)C(O)C(O)C1O)OC(=O)CCCCCCCCCCCCCCCCCCCCCC. The van der Waals surface area contributed by atoms with E-state index in [4.69, 9.17) is 18.9 Å². The molecule has 1 saturated heterocycles. The maximum Gasteiger partial charge on any atom is 0.335 e. The summed E-state index contributed by atoms with van der Waals surface area (Å²) < 4.78 is 21.9. The van der Waals surface area contributed by atoms with Crippen LogP contribution in [0.2, 0.25) is 0 Å². The molecule has 11 heteroatoms. The molecular weight excluding hydrogens is 849 g/mol. The van der Waals surface area contributed by atoms with Crippen molar-refractivity contribution in [1.29, 1.82) is 0 Å². The Labute approximate surface area is 409 Å². The Kier molecular flexibility index (Phi) is 43.5. The summed E-state index contributed by atoms with van der Waals surface area (Å²) in [5.41, 5.74) is 0. The van der Waals surface area contributed by atoms with Gasteiger partial charge in [0.15, 0.2) is 18.5 Å². The molecule has 0 aromatic heterocycles. The summed E-state index contributed by atoms with van der Waals surface area (Å²) in [6.45, 7) is 3.87. The van der Waals surface area contributed by atoms with Gasteiger partial charge >= 0.3 is 17.9 Å². The molecule has 67 heavy (non-hydrogen) atoms. The first-order valence-electron chi connectivity index (χ1n) is 28.2. The van der Waals surface area contributed by atoms with Gasteiger partial charge in [-0.05, 0) is 38.5 Å². The number of esters is 2. The highest BCUT2D eigenvalue weighted by Gasteiger charge is 2.47. The van der Waals surface area contributed by atoms with Gasteiger partial charge < -0.3 is 39.4 Å². The normalized spacial score (nSPS) is 19.0. The summed E-state index contributed by atoms with van der Waals surface area (Å²) in [6, 6.07) is 0. The Morgan fingerprint density at radius 2 is 0.791 bits per heavy atom. The van der Waals surface area contributed by atoms with Crippen LogP contribution in [0.3, 0.4) is 0 Å². The number of carbonyl (C=O) groups is 3. The molecule has 4 N–H and O–H groups in total. The van der Waals surface area contributed by atoms with Gasteiger partial charge in [0.05, 0.1) is 6.61 Å². The first kappa shape index (κ1) is 63.0. The van der Waals surface area contributed by atoms with Gasteiger partial charge in [0, 0.05) is 12.8 Å². The highest BCUT2D eigenvalue weighted by Crippen LogP contribution is 2.23. The molecule has 1 fully saturated rings. The van der Waals surface area contributed by atoms with Crippen LogP contribution in [0.1, 0.15) is 277 Å². The summed E-state index contributed by atoms with van der Waals surface area (Å²) in [7, 11) is 0. The van der Waals surface area contributed by atoms with Crippen LogP contribution in [0.15, 0.2) is 12.2 Å². The third-order valence-corrected chi connectivity index (χ3v) is 13.4. The predicted octanol–water partition coefficient (Wildman–Crippen LogP) is 13.9. The van der Waals surface area contributed by atoms with Gasteiger partial charge in [-0.2, -0.15) is 0 Å². The van der Waals surface area contributed by atoms with Crippen LogP contribution in [0.4, 0.5) is 0 Å². The number of aliphatic hydroxyl groups excluding tert-OH is 3. The van der Waals surface area contributed by atoms with Crippen molar-refractivity contribution in [3.8, 4) is 0 Å². The number of carboxylic acid groups (broad SMARTS) is 1. The van der Waals surface area contributed by atoms with E-state index in [0.29, 0.717) is 12.8 Å². The van der Waals surface area contributed by atoms with E-state index in [1.54, 1.807) is 0 Å². The highest BCUT2D eigenvalue weighted by molar-refractivity contribution is 5.73. The number of aliphatic carboxylic acids is 1. The van der Waals surface area contributed by atoms with Crippen molar-refractivity contribution in [3.05, 3.63) is 12.2 Å². The topological polar surface area (TPSA) is 169 Å². The Bertz CT molecular complexity index is 1160. The molecule has 11 nitrogen and oxygen atoms in total. The quantitative estimate of drug-likeness (QED) is 0.0260. The minimum Gasteiger partial charge on any atom is -0.479 e. The Morgan fingerprint density at radius 3 is 1.16 bits per heavy atom. The van der Waals surface area contributed by atoms with Gasteiger partial charge in [-0.1, -0.05) is 238 Å². The van der Waals surface area contributed by atoms with Crippen LogP contribution in [-0.2, 0) is 33.3 Å². The van der Waals surface area contributed by atoms with Crippen molar-refractivity contribution in [2.45, 2.75) is 314 Å². The van der Waals surface area contributed by atoms with E-state index >= 15 is 0 Å².